The van der Waals surface area contributed by atoms with Crippen LogP contribution in [0.4, 0.5) is 0 Å². The van der Waals surface area contributed by atoms with Gasteiger partial charge in [0.1, 0.15) is 0 Å². The van der Waals surface area contributed by atoms with Crippen LogP contribution in [0.25, 0.3) is 0 Å². The molecule has 0 fully saturated rings. The average molecular weight is 286 g/mol. The first-order valence-electron chi connectivity index (χ1n) is 6.57. The molecule has 2 aromatic carbocycles. The minimum atomic E-state index is -0.201. The summed E-state index contributed by atoms with van der Waals surface area (Å²) in [6.07, 6.45) is 0. The fraction of sp³-hybridized carbons (Fsp3) is 0.235. The Bertz CT molecular complexity index is 539. The van der Waals surface area contributed by atoms with Gasteiger partial charge in [0, 0.05) is 10.1 Å². The maximum atomic E-state index is 11.9. The Balaban J connectivity index is 2.27. The molecule has 3 heteroatoms. The van der Waals surface area contributed by atoms with Crippen LogP contribution in [0, 0.1) is 5.92 Å². The first-order valence-corrected chi connectivity index (χ1v) is 7.45. The molecule has 0 aromatic heterocycles. The number of thioether (sulfide) groups is 1. The van der Waals surface area contributed by atoms with Gasteiger partial charge in [0.05, 0.1) is 13.0 Å². The van der Waals surface area contributed by atoms with Crippen molar-refractivity contribution >= 4 is 17.7 Å². The van der Waals surface area contributed by atoms with Gasteiger partial charge in [-0.1, -0.05) is 55.5 Å². The third-order valence-corrected chi connectivity index (χ3v) is 4.64. The highest BCUT2D eigenvalue weighted by molar-refractivity contribution is 7.99. The van der Waals surface area contributed by atoms with E-state index in [1.165, 1.54) is 7.11 Å². The van der Waals surface area contributed by atoms with E-state index in [0.29, 0.717) is 0 Å². The SMILES string of the molecule is COC(=O)[C@H](C)[C@H](Sc1ccccc1)c1ccccc1. The maximum absolute atomic E-state index is 11.9. The molecular formula is C17H18O2S. The summed E-state index contributed by atoms with van der Waals surface area (Å²) in [6, 6.07) is 20.2. The molecule has 0 aliphatic carbocycles. The Morgan fingerprint density at radius 1 is 1.00 bits per heavy atom. The Morgan fingerprint density at radius 3 is 2.10 bits per heavy atom. The number of hydrogen-bond acceptors (Lipinski definition) is 3. The molecule has 2 aromatic rings. The molecule has 0 aliphatic rings. The Hall–Kier alpha value is -1.74. The zero-order chi connectivity index (χ0) is 14.4. The second kappa shape index (κ2) is 7.15. The Labute approximate surface area is 124 Å². The lowest BCUT2D eigenvalue weighted by molar-refractivity contribution is -0.144. The van der Waals surface area contributed by atoms with Gasteiger partial charge in [0.15, 0.2) is 0 Å². The summed E-state index contributed by atoms with van der Waals surface area (Å²) in [5.41, 5.74) is 1.14. The van der Waals surface area contributed by atoms with Crippen molar-refractivity contribution in [3.8, 4) is 0 Å². The summed E-state index contributed by atoms with van der Waals surface area (Å²) in [4.78, 5) is 13.0. The van der Waals surface area contributed by atoms with Crippen LogP contribution in [-0.2, 0) is 9.53 Å². The molecule has 0 radical (unpaired) electrons. The van der Waals surface area contributed by atoms with Crippen molar-refractivity contribution in [1.29, 1.82) is 0 Å². The first-order chi connectivity index (χ1) is 9.72. The third-order valence-electron chi connectivity index (χ3n) is 3.16. The minimum absolute atomic E-state index is 0.0473. The van der Waals surface area contributed by atoms with Crippen molar-refractivity contribution in [2.24, 2.45) is 5.92 Å². The zero-order valence-corrected chi connectivity index (χ0v) is 12.5. The highest BCUT2D eigenvalue weighted by Gasteiger charge is 2.27. The minimum Gasteiger partial charge on any atom is -0.469 e. The molecule has 2 atom stereocenters. The van der Waals surface area contributed by atoms with Gasteiger partial charge < -0.3 is 4.74 Å². The third kappa shape index (κ3) is 3.64. The monoisotopic (exact) mass is 286 g/mol. The number of carbonyl (C=O) groups is 1. The predicted octanol–water partition coefficient (Wildman–Crippen LogP) is 4.33. The Kier molecular flexibility index (Phi) is 5.24. The second-order valence-electron chi connectivity index (χ2n) is 4.57. The van der Waals surface area contributed by atoms with Gasteiger partial charge in [-0.3, -0.25) is 4.79 Å². The van der Waals surface area contributed by atoms with E-state index in [9.17, 15) is 4.79 Å². The molecule has 20 heavy (non-hydrogen) atoms. The molecule has 0 saturated heterocycles. The van der Waals surface area contributed by atoms with Crippen LogP contribution < -0.4 is 0 Å². The molecule has 0 unspecified atom stereocenters. The number of esters is 1. The van der Waals surface area contributed by atoms with E-state index < -0.39 is 0 Å². The molecule has 0 aliphatic heterocycles. The molecule has 104 valence electrons. The van der Waals surface area contributed by atoms with Crippen molar-refractivity contribution < 1.29 is 9.53 Å². The largest absolute Gasteiger partial charge is 0.469 e. The number of ether oxygens (including phenoxy) is 1. The lowest BCUT2D eigenvalue weighted by Crippen LogP contribution is -2.19. The quantitative estimate of drug-likeness (QED) is 0.604. The van der Waals surface area contributed by atoms with Crippen LogP contribution in [-0.4, -0.2) is 13.1 Å². The van der Waals surface area contributed by atoms with Crippen molar-refractivity contribution in [3.63, 3.8) is 0 Å². The van der Waals surface area contributed by atoms with Crippen LogP contribution in [0.3, 0.4) is 0 Å². The van der Waals surface area contributed by atoms with Crippen LogP contribution >= 0.6 is 11.8 Å². The predicted molar refractivity (Wildman–Crippen MR) is 82.7 cm³/mol. The Morgan fingerprint density at radius 2 is 1.55 bits per heavy atom. The van der Waals surface area contributed by atoms with Gasteiger partial charge in [-0.15, -0.1) is 11.8 Å². The molecule has 0 bridgehead atoms. The van der Waals surface area contributed by atoms with Gasteiger partial charge in [0.25, 0.3) is 0 Å². The number of benzene rings is 2. The average Bonchev–Trinajstić information content (AvgIpc) is 2.53. The van der Waals surface area contributed by atoms with Gasteiger partial charge >= 0.3 is 5.97 Å². The summed E-state index contributed by atoms with van der Waals surface area (Å²) < 4.78 is 4.90. The number of hydrogen-bond donors (Lipinski definition) is 0. The normalized spacial score (nSPS) is 13.5. The highest BCUT2D eigenvalue weighted by Crippen LogP contribution is 2.40. The molecule has 0 heterocycles. The standard InChI is InChI=1S/C17H18O2S/c1-13(17(18)19-2)16(14-9-5-3-6-10-14)20-15-11-7-4-8-12-15/h3-13,16H,1-2H3/t13-,16+/m1/s1. The van der Waals surface area contributed by atoms with Gasteiger partial charge in [-0.05, 0) is 17.7 Å². The summed E-state index contributed by atoms with van der Waals surface area (Å²) in [5, 5.41) is 0.0473. The fourth-order valence-electron chi connectivity index (χ4n) is 2.06. The van der Waals surface area contributed by atoms with Crippen molar-refractivity contribution in [1.82, 2.24) is 0 Å². The number of methoxy groups -OCH3 is 1. The van der Waals surface area contributed by atoms with E-state index in [1.54, 1.807) is 11.8 Å². The van der Waals surface area contributed by atoms with Crippen LogP contribution in [0.15, 0.2) is 65.6 Å². The van der Waals surface area contributed by atoms with Crippen molar-refractivity contribution in [2.75, 3.05) is 7.11 Å². The van der Waals surface area contributed by atoms with Crippen LogP contribution in [0.2, 0.25) is 0 Å². The molecule has 0 amide bonds. The van der Waals surface area contributed by atoms with E-state index in [0.717, 1.165) is 10.5 Å². The molecule has 0 spiro atoms. The molecular weight excluding hydrogens is 268 g/mol. The van der Waals surface area contributed by atoms with Crippen LogP contribution in [0.5, 0.6) is 0 Å². The smallest absolute Gasteiger partial charge is 0.309 e. The van der Waals surface area contributed by atoms with E-state index in [4.69, 9.17) is 4.74 Å². The molecule has 2 nitrogen and oxygen atoms in total. The number of rotatable bonds is 5. The summed E-state index contributed by atoms with van der Waals surface area (Å²) in [7, 11) is 1.44. The second-order valence-corrected chi connectivity index (χ2v) is 5.79. The lowest BCUT2D eigenvalue weighted by Gasteiger charge is -2.22. The van der Waals surface area contributed by atoms with Gasteiger partial charge in [0.2, 0.25) is 0 Å². The number of carbonyl (C=O) groups excluding carboxylic acids is 1. The van der Waals surface area contributed by atoms with Crippen LogP contribution in [0.1, 0.15) is 17.7 Å². The van der Waals surface area contributed by atoms with Crippen molar-refractivity contribution in [2.45, 2.75) is 17.1 Å². The van der Waals surface area contributed by atoms with E-state index in [2.05, 4.69) is 24.3 Å². The lowest BCUT2D eigenvalue weighted by atomic mass is 10.0. The van der Waals surface area contributed by atoms with E-state index in [1.807, 2.05) is 43.3 Å². The first kappa shape index (κ1) is 14.7. The topological polar surface area (TPSA) is 26.3 Å². The van der Waals surface area contributed by atoms with E-state index >= 15 is 0 Å². The highest BCUT2D eigenvalue weighted by atomic mass is 32.2. The molecule has 2 rings (SSSR count). The van der Waals surface area contributed by atoms with Gasteiger partial charge in [-0.25, -0.2) is 0 Å². The maximum Gasteiger partial charge on any atom is 0.309 e. The van der Waals surface area contributed by atoms with E-state index in [-0.39, 0.29) is 17.1 Å². The summed E-state index contributed by atoms with van der Waals surface area (Å²) in [5.74, 6) is -0.380. The van der Waals surface area contributed by atoms with Gasteiger partial charge in [-0.2, -0.15) is 0 Å². The summed E-state index contributed by atoms with van der Waals surface area (Å²) >= 11 is 1.69. The zero-order valence-electron chi connectivity index (χ0n) is 11.7. The summed E-state index contributed by atoms with van der Waals surface area (Å²) in [6.45, 7) is 1.92. The molecule has 0 N–H and O–H groups in total. The van der Waals surface area contributed by atoms with Crippen molar-refractivity contribution in [3.05, 3.63) is 66.2 Å². The fourth-order valence-corrected chi connectivity index (χ4v) is 3.27. The molecule has 0 saturated carbocycles.